The van der Waals surface area contributed by atoms with Gasteiger partial charge in [0.1, 0.15) is 5.75 Å². The highest BCUT2D eigenvalue weighted by Gasteiger charge is 2.11. The Balaban J connectivity index is 1.53. The SMILES string of the molecule is COc1ccccc1CSc1nnc(SCC(=O)c2ccccc2)s1. The molecule has 0 amide bonds. The molecule has 2 aromatic carbocycles. The van der Waals surface area contributed by atoms with E-state index in [-0.39, 0.29) is 5.78 Å². The lowest BCUT2D eigenvalue weighted by Gasteiger charge is -2.05. The average molecular weight is 389 g/mol. The van der Waals surface area contributed by atoms with Crippen molar-refractivity contribution in [2.45, 2.75) is 14.4 Å². The summed E-state index contributed by atoms with van der Waals surface area (Å²) < 4.78 is 7.06. The molecule has 7 heteroatoms. The van der Waals surface area contributed by atoms with Crippen molar-refractivity contribution in [3.63, 3.8) is 0 Å². The lowest BCUT2D eigenvalue weighted by molar-refractivity contribution is 0.102. The predicted octanol–water partition coefficient (Wildman–Crippen LogP) is 4.81. The van der Waals surface area contributed by atoms with Gasteiger partial charge in [-0.1, -0.05) is 83.4 Å². The van der Waals surface area contributed by atoms with Crippen LogP contribution >= 0.6 is 34.9 Å². The molecule has 0 unspecified atom stereocenters. The highest BCUT2D eigenvalue weighted by Crippen LogP contribution is 2.32. The van der Waals surface area contributed by atoms with Crippen molar-refractivity contribution >= 4 is 40.6 Å². The van der Waals surface area contributed by atoms with Crippen LogP contribution in [0.2, 0.25) is 0 Å². The molecule has 0 radical (unpaired) electrons. The molecule has 1 heterocycles. The van der Waals surface area contributed by atoms with Gasteiger partial charge in [0, 0.05) is 16.9 Å². The number of rotatable bonds is 8. The van der Waals surface area contributed by atoms with E-state index in [2.05, 4.69) is 10.2 Å². The van der Waals surface area contributed by atoms with Gasteiger partial charge in [-0.15, -0.1) is 10.2 Å². The molecule has 0 atom stereocenters. The van der Waals surface area contributed by atoms with Gasteiger partial charge < -0.3 is 4.74 Å². The number of ketones is 1. The van der Waals surface area contributed by atoms with E-state index in [0.717, 1.165) is 31.3 Å². The van der Waals surface area contributed by atoms with Crippen LogP contribution in [0.1, 0.15) is 15.9 Å². The summed E-state index contributed by atoms with van der Waals surface area (Å²) >= 11 is 4.57. The largest absolute Gasteiger partial charge is 0.496 e. The summed E-state index contributed by atoms with van der Waals surface area (Å²) in [7, 11) is 1.67. The molecule has 25 heavy (non-hydrogen) atoms. The molecule has 0 spiro atoms. The predicted molar refractivity (Wildman–Crippen MR) is 104 cm³/mol. The second kappa shape index (κ2) is 9.03. The lowest BCUT2D eigenvalue weighted by atomic mass is 10.2. The summed E-state index contributed by atoms with van der Waals surface area (Å²) in [6, 6.07) is 17.2. The highest BCUT2D eigenvalue weighted by atomic mass is 32.2. The zero-order chi connectivity index (χ0) is 17.5. The third-order valence-corrected chi connectivity index (χ3v) is 6.59. The molecule has 0 aliphatic rings. The Hall–Kier alpha value is -1.83. The van der Waals surface area contributed by atoms with Crippen molar-refractivity contribution in [3.05, 3.63) is 65.7 Å². The van der Waals surface area contributed by atoms with Crippen LogP contribution in [0.3, 0.4) is 0 Å². The standard InChI is InChI=1S/C18H16N2O2S3/c1-22-16-10-6-5-9-14(16)11-23-17-19-20-18(25-17)24-12-15(21)13-7-3-2-4-8-13/h2-10H,11-12H2,1H3. The second-order valence-corrected chi connectivity index (χ2v) is 8.43. The van der Waals surface area contributed by atoms with Crippen molar-refractivity contribution in [2.75, 3.05) is 12.9 Å². The van der Waals surface area contributed by atoms with E-state index >= 15 is 0 Å². The topological polar surface area (TPSA) is 52.1 Å². The number of carbonyl (C=O) groups is 1. The first-order valence-corrected chi connectivity index (χ1v) is 10.3. The number of carbonyl (C=O) groups excluding carboxylic acids is 1. The van der Waals surface area contributed by atoms with E-state index in [0.29, 0.717) is 5.75 Å². The fraction of sp³-hybridized carbons (Fsp3) is 0.167. The summed E-state index contributed by atoms with van der Waals surface area (Å²) in [5.74, 6) is 2.12. The number of benzene rings is 2. The van der Waals surface area contributed by atoms with E-state index < -0.39 is 0 Å². The van der Waals surface area contributed by atoms with Crippen LogP contribution in [0.15, 0.2) is 63.3 Å². The first-order valence-electron chi connectivity index (χ1n) is 7.55. The summed E-state index contributed by atoms with van der Waals surface area (Å²) in [4.78, 5) is 12.1. The number of thioether (sulfide) groups is 2. The number of ether oxygens (including phenoxy) is 1. The molecular weight excluding hydrogens is 372 g/mol. The average Bonchev–Trinajstić information content (AvgIpc) is 3.13. The Morgan fingerprint density at radius 1 is 1.00 bits per heavy atom. The number of aromatic nitrogens is 2. The van der Waals surface area contributed by atoms with Gasteiger partial charge in [-0.3, -0.25) is 4.79 Å². The maximum Gasteiger partial charge on any atom is 0.175 e. The first kappa shape index (κ1) is 18.0. The third kappa shape index (κ3) is 5.07. The molecule has 3 rings (SSSR count). The number of methoxy groups -OCH3 is 1. The maximum absolute atomic E-state index is 12.1. The monoisotopic (exact) mass is 388 g/mol. The van der Waals surface area contributed by atoms with Crippen LogP contribution in [-0.4, -0.2) is 28.8 Å². The summed E-state index contributed by atoms with van der Waals surface area (Å²) in [5.41, 5.74) is 1.85. The highest BCUT2D eigenvalue weighted by molar-refractivity contribution is 8.03. The van der Waals surface area contributed by atoms with Gasteiger partial charge in [0.15, 0.2) is 14.5 Å². The summed E-state index contributed by atoms with van der Waals surface area (Å²) in [6.07, 6.45) is 0. The zero-order valence-electron chi connectivity index (χ0n) is 13.5. The maximum atomic E-state index is 12.1. The normalized spacial score (nSPS) is 10.6. The Labute approximate surface area is 159 Å². The van der Waals surface area contributed by atoms with E-state index in [9.17, 15) is 4.79 Å². The fourth-order valence-corrected chi connectivity index (χ4v) is 5.02. The second-order valence-electron chi connectivity index (χ2n) is 5.01. The molecule has 0 bridgehead atoms. The minimum Gasteiger partial charge on any atom is -0.496 e. The van der Waals surface area contributed by atoms with E-state index in [1.807, 2.05) is 54.6 Å². The van der Waals surface area contributed by atoms with E-state index in [4.69, 9.17) is 4.74 Å². The van der Waals surface area contributed by atoms with Gasteiger partial charge in [-0.05, 0) is 6.07 Å². The molecule has 3 aromatic rings. The quantitative estimate of drug-likeness (QED) is 0.408. The van der Waals surface area contributed by atoms with Crippen LogP contribution in [0.4, 0.5) is 0 Å². The smallest absolute Gasteiger partial charge is 0.175 e. The summed E-state index contributed by atoms with van der Waals surface area (Å²) in [5, 5.41) is 8.36. The third-order valence-electron chi connectivity index (χ3n) is 3.35. The van der Waals surface area contributed by atoms with Gasteiger partial charge in [0.25, 0.3) is 0 Å². The Morgan fingerprint density at radius 2 is 1.68 bits per heavy atom. The Morgan fingerprint density at radius 3 is 2.44 bits per heavy atom. The molecule has 0 saturated carbocycles. The van der Waals surface area contributed by atoms with Crippen molar-refractivity contribution < 1.29 is 9.53 Å². The number of hydrogen-bond acceptors (Lipinski definition) is 7. The summed E-state index contributed by atoms with van der Waals surface area (Å²) in [6.45, 7) is 0. The molecule has 0 aliphatic heterocycles. The zero-order valence-corrected chi connectivity index (χ0v) is 16.0. The lowest BCUT2D eigenvalue weighted by Crippen LogP contribution is -2.01. The molecule has 0 fully saturated rings. The molecule has 1 aromatic heterocycles. The minimum absolute atomic E-state index is 0.101. The molecule has 128 valence electrons. The van der Waals surface area contributed by atoms with Gasteiger partial charge in [-0.2, -0.15) is 0 Å². The molecule has 0 aliphatic carbocycles. The van der Waals surface area contributed by atoms with Crippen molar-refractivity contribution in [3.8, 4) is 5.75 Å². The van der Waals surface area contributed by atoms with Crippen LogP contribution in [0, 0.1) is 0 Å². The Bertz CT molecular complexity index is 837. The number of Topliss-reactive ketones (excluding diaryl/α,β-unsaturated/α-hetero) is 1. The van der Waals surface area contributed by atoms with Gasteiger partial charge in [0.2, 0.25) is 0 Å². The van der Waals surface area contributed by atoms with Gasteiger partial charge in [0.05, 0.1) is 12.9 Å². The number of nitrogens with zero attached hydrogens (tertiary/aromatic N) is 2. The van der Waals surface area contributed by atoms with Crippen molar-refractivity contribution in [1.82, 2.24) is 10.2 Å². The fourth-order valence-electron chi connectivity index (χ4n) is 2.11. The van der Waals surface area contributed by atoms with Crippen molar-refractivity contribution in [2.24, 2.45) is 0 Å². The molecule has 4 nitrogen and oxygen atoms in total. The first-order chi connectivity index (χ1) is 12.3. The van der Waals surface area contributed by atoms with Crippen molar-refractivity contribution in [1.29, 1.82) is 0 Å². The number of hydrogen-bond donors (Lipinski definition) is 0. The van der Waals surface area contributed by atoms with Crippen LogP contribution in [-0.2, 0) is 5.75 Å². The number of para-hydroxylation sites is 1. The van der Waals surface area contributed by atoms with Crippen LogP contribution in [0.25, 0.3) is 0 Å². The van der Waals surface area contributed by atoms with Gasteiger partial charge in [-0.25, -0.2) is 0 Å². The van der Waals surface area contributed by atoms with E-state index in [1.165, 1.54) is 23.1 Å². The van der Waals surface area contributed by atoms with Gasteiger partial charge >= 0.3 is 0 Å². The molecule has 0 saturated heterocycles. The molecular formula is C18H16N2O2S3. The van der Waals surface area contributed by atoms with Crippen LogP contribution < -0.4 is 4.74 Å². The van der Waals surface area contributed by atoms with E-state index in [1.54, 1.807) is 18.9 Å². The minimum atomic E-state index is 0.101. The molecule has 0 N–H and O–H groups in total. The van der Waals surface area contributed by atoms with Crippen LogP contribution in [0.5, 0.6) is 5.75 Å². The Kier molecular flexibility index (Phi) is 6.49.